The van der Waals surface area contributed by atoms with E-state index in [1.54, 1.807) is 23.9 Å². The van der Waals surface area contributed by atoms with Crippen LogP contribution in [-0.4, -0.2) is 59.2 Å². The molecule has 0 saturated heterocycles. The summed E-state index contributed by atoms with van der Waals surface area (Å²) in [6.45, 7) is 6.19. The van der Waals surface area contributed by atoms with E-state index in [-0.39, 0.29) is 17.1 Å². The lowest BCUT2D eigenvalue weighted by atomic mass is 9.92. The Hall–Kier alpha value is -5.65. The summed E-state index contributed by atoms with van der Waals surface area (Å²) in [6, 6.07) is 19.1. The van der Waals surface area contributed by atoms with E-state index in [9.17, 15) is 9.59 Å². The van der Waals surface area contributed by atoms with Crippen LogP contribution in [0.1, 0.15) is 26.5 Å². The Bertz CT molecular complexity index is 1860. The first-order valence-corrected chi connectivity index (χ1v) is 13.5. The van der Waals surface area contributed by atoms with Crippen molar-refractivity contribution in [2.24, 2.45) is 20.0 Å². The number of carbonyl (C=O) groups is 2. The second kappa shape index (κ2) is 11.0. The molecule has 4 aromatic rings. The predicted octanol–water partition coefficient (Wildman–Crippen LogP) is 5.17. The number of rotatable bonds is 5. The van der Waals surface area contributed by atoms with Gasteiger partial charge in [0.25, 0.3) is 5.91 Å². The van der Waals surface area contributed by atoms with Gasteiger partial charge in [-0.15, -0.1) is 0 Å². The van der Waals surface area contributed by atoms with Crippen molar-refractivity contribution in [1.29, 1.82) is 0 Å². The van der Waals surface area contributed by atoms with Gasteiger partial charge in [0.15, 0.2) is 11.9 Å². The number of hydrogen-bond donors (Lipinski definition) is 2. The molecule has 43 heavy (non-hydrogen) atoms. The number of fused-ring (bicyclic) bond motifs is 2. The number of nitrogens with zero attached hydrogens (tertiary/aromatic N) is 6. The molecule has 1 unspecified atom stereocenters. The van der Waals surface area contributed by atoms with Gasteiger partial charge < -0.3 is 14.8 Å². The minimum atomic E-state index is -0.710. The van der Waals surface area contributed by atoms with Crippen molar-refractivity contribution in [1.82, 2.24) is 9.78 Å². The Kier molecular flexibility index (Phi) is 7.02. The van der Waals surface area contributed by atoms with Crippen molar-refractivity contribution in [3.8, 4) is 17.2 Å². The molecule has 216 valence electrons. The summed E-state index contributed by atoms with van der Waals surface area (Å²) < 4.78 is 13.1. The maximum Gasteiger partial charge on any atom is 0.324 e. The van der Waals surface area contributed by atoms with Gasteiger partial charge in [0.1, 0.15) is 23.7 Å². The molecule has 0 fully saturated rings. The summed E-state index contributed by atoms with van der Waals surface area (Å²) in [6.07, 6.45) is 2.41. The Morgan fingerprint density at radius 2 is 1.74 bits per heavy atom. The maximum atomic E-state index is 13.3. The summed E-state index contributed by atoms with van der Waals surface area (Å²) in [5, 5.41) is 12.2. The summed E-state index contributed by atoms with van der Waals surface area (Å²) in [5.41, 5.74) is 1.92. The van der Waals surface area contributed by atoms with Crippen LogP contribution < -0.4 is 20.1 Å². The lowest BCUT2D eigenvalue weighted by molar-refractivity contribution is -0.111. The molecule has 0 aliphatic carbocycles. The number of amidine groups is 1. The number of urea groups is 1. The zero-order chi connectivity index (χ0) is 30.1. The molecule has 6 rings (SSSR count). The number of amides is 3. The highest BCUT2D eigenvalue weighted by atomic mass is 16.5. The molecule has 3 aromatic carbocycles. The molecule has 2 aliphatic rings. The van der Waals surface area contributed by atoms with Gasteiger partial charge in [-0.05, 0) is 36.4 Å². The number of hydrogen-bond acceptors (Lipinski definition) is 8. The Labute approximate surface area is 246 Å². The standard InChI is InChI=1S/C31H28N8O4/c1-31(2,3)24-15-25(39(38-24)18-9-11-19(42-4)12-10-18)36-30(41)35-22-13-14-23(21-8-6-5-7-20(21)22)43-29-27-28(33-17-34-29)37-26(40)16-32-27/h5-17,27H,1-4H3,(H2,35,36,41). The van der Waals surface area contributed by atoms with E-state index in [0.717, 1.165) is 34.1 Å². The third-order valence-corrected chi connectivity index (χ3v) is 6.80. The molecule has 3 heterocycles. The van der Waals surface area contributed by atoms with Gasteiger partial charge in [-0.1, -0.05) is 45.0 Å². The zero-order valence-corrected chi connectivity index (χ0v) is 23.9. The highest BCUT2D eigenvalue weighted by Gasteiger charge is 2.29. The van der Waals surface area contributed by atoms with E-state index < -0.39 is 18.0 Å². The maximum absolute atomic E-state index is 13.3. The van der Waals surface area contributed by atoms with Crippen molar-refractivity contribution in [3.05, 3.63) is 72.4 Å². The van der Waals surface area contributed by atoms with E-state index in [4.69, 9.17) is 14.6 Å². The molecule has 12 nitrogen and oxygen atoms in total. The quantitative estimate of drug-likeness (QED) is 0.337. The fourth-order valence-electron chi connectivity index (χ4n) is 4.59. The van der Waals surface area contributed by atoms with Crippen molar-refractivity contribution in [3.63, 3.8) is 0 Å². The van der Waals surface area contributed by atoms with E-state index in [0.29, 0.717) is 17.3 Å². The van der Waals surface area contributed by atoms with E-state index in [1.165, 1.54) is 6.34 Å². The number of carbonyl (C=O) groups excluding carboxylic acids is 2. The lowest BCUT2D eigenvalue weighted by Gasteiger charge is -2.20. The van der Waals surface area contributed by atoms with E-state index >= 15 is 0 Å². The molecule has 0 saturated carbocycles. The van der Waals surface area contributed by atoms with Gasteiger partial charge >= 0.3 is 6.03 Å². The molecule has 0 bridgehead atoms. The van der Waals surface area contributed by atoms with Crippen molar-refractivity contribution in [2.45, 2.75) is 32.2 Å². The fraction of sp³-hybridized carbons (Fsp3) is 0.194. The number of aliphatic imine (C=N–C) groups is 4. The summed E-state index contributed by atoms with van der Waals surface area (Å²) >= 11 is 0. The lowest BCUT2D eigenvalue weighted by Crippen LogP contribution is -2.37. The summed E-state index contributed by atoms with van der Waals surface area (Å²) in [7, 11) is 1.61. The molecule has 0 radical (unpaired) electrons. The molecule has 0 spiro atoms. The summed E-state index contributed by atoms with van der Waals surface area (Å²) in [5.74, 6) is 1.71. The normalized spacial score (nSPS) is 15.9. The molecule has 12 heteroatoms. The zero-order valence-electron chi connectivity index (χ0n) is 23.9. The Morgan fingerprint density at radius 3 is 2.49 bits per heavy atom. The number of ether oxygens (including phenoxy) is 2. The number of nitrogens with one attached hydrogen (secondary N) is 2. The van der Waals surface area contributed by atoms with Gasteiger partial charge in [-0.2, -0.15) is 10.1 Å². The van der Waals surface area contributed by atoms with Crippen LogP contribution in [0.4, 0.5) is 16.3 Å². The van der Waals surface area contributed by atoms with Crippen LogP contribution in [0, 0.1) is 0 Å². The van der Waals surface area contributed by atoms with Gasteiger partial charge in [0, 0.05) is 22.3 Å². The predicted molar refractivity (Wildman–Crippen MR) is 167 cm³/mol. The van der Waals surface area contributed by atoms with E-state index in [1.807, 2.05) is 54.6 Å². The van der Waals surface area contributed by atoms with Gasteiger partial charge in [-0.3, -0.25) is 15.1 Å². The number of methoxy groups -OCH3 is 1. The van der Waals surface area contributed by atoms with Crippen LogP contribution in [0.5, 0.6) is 11.5 Å². The average Bonchev–Trinajstić information content (AvgIpc) is 3.42. The molecule has 1 atom stereocenters. The third-order valence-electron chi connectivity index (χ3n) is 6.80. The second-order valence-corrected chi connectivity index (χ2v) is 10.8. The molecule has 2 N–H and O–H groups in total. The van der Waals surface area contributed by atoms with Crippen LogP contribution in [0.3, 0.4) is 0 Å². The van der Waals surface area contributed by atoms with Crippen molar-refractivity contribution >= 4 is 58.5 Å². The van der Waals surface area contributed by atoms with Crippen LogP contribution >= 0.6 is 0 Å². The van der Waals surface area contributed by atoms with Crippen molar-refractivity contribution < 1.29 is 19.1 Å². The highest BCUT2D eigenvalue weighted by Crippen LogP contribution is 2.33. The molecule has 1 aromatic heterocycles. The first-order valence-electron chi connectivity index (χ1n) is 13.5. The Balaban J connectivity index is 1.26. The fourth-order valence-corrected chi connectivity index (χ4v) is 4.59. The molecule has 3 amide bonds. The van der Waals surface area contributed by atoms with Crippen LogP contribution in [0.15, 0.2) is 86.7 Å². The Morgan fingerprint density at radius 1 is 0.977 bits per heavy atom. The van der Waals surface area contributed by atoms with Crippen LogP contribution in [0.25, 0.3) is 16.5 Å². The summed E-state index contributed by atoms with van der Waals surface area (Å²) in [4.78, 5) is 41.3. The van der Waals surface area contributed by atoms with Crippen LogP contribution in [-0.2, 0) is 10.2 Å². The van der Waals surface area contributed by atoms with Gasteiger partial charge in [-0.25, -0.2) is 19.5 Å². The third kappa shape index (κ3) is 5.62. The SMILES string of the molecule is COc1ccc(-n2nc(C(C)(C)C)cc2NC(=O)Nc2ccc(OC3=NC=NC4=NC(=O)C=NC43)c3ccccc23)cc1. The topological polar surface area (TPSA) is 144 Å². The minimum Gasteiger partial charge on any atom is -0.497 e. The van der Waals surface area contributed by atoms with E-state index in [2.05, 4.69) is 51.4 Å². The van der Waals surface area contributed by atoms with Crippen molar-refractivity contribution in [2.75, 3.05) is 17.7 Å². The molecule has 2 aliphatic heterocycles. The first kappa shape index (κ1) is 27.5. The number of anilines is 2. The van der Waals surface area contributed by atoms with Crippen LogP contribution in [0.2, 0.25) is 0 Å². The second-order valence-electron chi connectivity index (χ2n) is 10.8. The average molecular weight is 577 g/mol. The first-order chi connectivity index (χ1) is 20.7. The van der Waals surface area contributed by atoms with Gasteiger partial charge in [0.05, 0.1) is 30.4 Å². The molecular weight excluding hydrogens is 548 g/mol. The van der Waals surface area contributed by atoms with Gasteiger partial charge in [0.2, 0.25) is 5.90 Å². The number of benzene rings is 3. The minimum absolute atomic E-state index is 0.222. The largest absolute Gasteiger partial charge is 0.497 e. The smallest absolute Gasteiger partial charge is 0.324 e. The number of aromatic nitrogens is 2. The monoisotopic (exact) mass is 576 g/mol. The molecular formula is C31H28N8O4. The highest BCUT2D eigenvalue weighted by molar-refractivity contribution is 6.34.